The van der Waals surface area contributed by atoms with Crippen molar-refractivity contribution >= 4 is 34.6 Å². The summed E-state index contributed by atoms with van der Waals surface area (Å²) in [6, 6.07) is 21.8. The van der Waals surface area contributed by atoms with Crippen LogP contribution in [0.3, 0.4) is 0 Å². The number of nitrogens with zero attached hydrogens (tertiary/aromatic N) is 2. The zero-order valence-corrected chi connectivity index (χ0v) is 23.4. The Balaban J connectivity index is 1.60. The van der Waals surface area contributed by atoms with Crippen LogP contribution in [0.25, 0.3) is 10.9 Å². The second-order valence-electron chi connectivity index (χ2n) is 10.6. The number of carbonyl (C=O) groups excluding carboxylic acids is 2. The van der Waals surface area contributed by atoms with Gasteiger partial charge in [0.2, 0.25) is 5.91 Å². The Morgan fingerprint density at radius 2 is 1.60 bits per heavy atom. The van der Waals surface area contributed by atoms with E-state index in [4.69, 9.17) is 9.15 Å². The number of aryl methyl sites for hydroxylation is 1. The molecule has 208 valence electrons. The van der Waals surface area contributed by atoms with Crippen molar-refractivity contribution in [1.82, 2.24) is 9.88 Å². The summed E-state index contributed by atoms with van der Waals surface area (Å²) in [6.07, 6.45) is -0.271. The number of anilines is 2. The van der Waals surface area contributed by atoms with Crippen LogP contribution in [0.2, 0.25) is 0 Å². The predicted octanol–water partition coefficient (Wildman–Crippen LogP) is 5.53. The molecule has 0 bridgehead atoms. The van der Waals surface area contributed by atoms with Crippen molar-refractivity contribution in [3.05, 3.63) is 99.9 Å². The first-order valence-electron chi connectivity index (χ1n) is 13.0. The Labute approximate surface area is 233 Å². The number of hydrogen-bond acceptors (Lipinski definition) is 7. The lowest BCUT2D eigenvalue weighted by Gasteiger charge is -2.25. The molecule has 40 heavy (non-hydrogen) atoms. The van der Waals surface area contributed by atoms with E-state index in [-0.39, 0.29) is 17.3 Å². The standard InChI is InChI=1S/C31H34N4O5/c1-20-23(34-30(38)40-31(2,3)4)16-17-24-26(20)28(37)39-29(32-24)33-25(18-21-12-8-6-9-13-21)27(36)35(5)19-22-14-10-7-11-15-22/h6-17,25H,18-19H2,1-5H3,(H,32,33)(H,34,38)/t25-/m0/s1. The van der Waals surface area contributed by atoms with Gasteiger partial charge in [-0.2, -0.15) is 4.98 Å². The number of aromatic nitrogens is 1. The zero-order valence-electron chi connectivity index (χ0n) is 23.4. The van der Waals surface area contributed by atoms with E-state index in [9.17, 15) is 14.4 Å². The quantitative estimate of drug-likeness (QED) is 0.301. The van der Waals surface area contributed by atoms with E-state index in [1.165, 1.54) is 0 Å². The van der Waals surface area contributed by atoms with Gasteiger partial charge in [-0.25, -0.2) is 9.59 Å². The van der Waals surface area contributed by atoms with Gasteiger partial charge in [0.15, 0.2) is 0 Å². The lowest BCUT2D eigenvalue weighted by molar-refractivity contribution is -0.131. The first kappa shape index (κ1) is 28.4. The maximum absolute atomic E-state index is 13.6. The Morgan fingerprint density at radius 3 is 2.23 bits per heavy atom. The average molecular weight is 543 g/mol. The molecule has 0 spiro atoms. The summed E-state index contributed by atoms with van der Waals surface area (Å²) in [5.41, 5.74) is 1.92. The van der Waals surface area contributed by atoms with E-state index < -0.39 is 23.4 Å². The molecule has 2 amide bonds. The van der Waals surface area contributed by atoms with Gasteiger partial charge in [0.1, 0.15) is 11.6 Å². The van der Waals surface area contributed by atoms with Crippen LogP contribution >= 0.6 is 0 Å². The highest BCUT2D eigenvalue weighted by Gasteiger charge is 2.25. The van der Waals surface area contributed by atoms with Crippen molar-refractivity contribution in [3.8, 4) is 0 Å². The fourth-order valence-electron chi connectivity index (χ4n) is 4.33. The number of carbonyl (C=O) groups is 2. The van der Waals surface area contributed by atoms with Gasteiger partial charge in [0.25, 0.3) is 6.01 Å². The molecule has 2 N–H and O–H groups in total. The number of amides is 2. The number of nitrogens with one attached hydrogen (secondary N) is 2. The molecule has 0 unspecified atom stereocenters. The van der Waals surface area contributed by atoms with E-state index in [0.717, 1.165) is 11.1 Å². The molecular weight excluding hydrogens is 508 g/mol. The average Bonchev–Trinajstić information content (AvgIpc) is 2.89. The van der Waals surface area contributed by atoms with Gasteiger partial charge in [-0.15, -0.1) is 0 Å². The lowest BCUT2D eigenvalue weighted by Crippen LogP contribution is -2.42. The summed E-state index contributed by atoms with van der Waals surface area (Å²) < 4.78 is 10.9. The highest BCUT2D eigenvalue weighted by atomic mass is 16.6. The topological polar surface area (TPSA) is 114 Å². The summed E-state index contributed by atoms with van der Waals surface area (Å²) in [5, 5.41) is 5.96. The van der Waals surface area contributed by atoms with E-state index in [1.807, 2.05) is 60.7 Å². The minimum absolute atomic E-state index is 0.0628. The molecule has 0 saturated carbocycles. The van der Waals surface area contributed by atoms with Crippen LogP contribution in [0.4, 0.5) is 16.5 Å². The highest BCUT2D eigenvalue weighted by molar-refractivity contribution is 5.93. The molecule has 9 nitrogen and oxygen atoms in total. The van der Waals surface area contributed by atoms with Crippen molar-refractivity contribution in [1.29, 1.82) is 0 Å². The summed E-state index contributed by atoms with van der Waals surface area (Å²) in [4.78, 5) is 45.0. The summed E-state index contributed by atoms with van der Waals surface area (Å²) >= 11 is 0. The number of rotatable bonds is 8. The molecule has 1 atom stereocenters. The molecule has 4 rings (SSSR count). The van der Waals surface area contributed by atoms with Crippen LogP contribution in [0, 0.1) is 6.92 Å². The molecule has 1 heterocycles. The smallest absolute Gasteiger partial charge is 0.412 e. The van der Waals surface area contributed by atoms with E-state index >= 15 is 0 Å². The van der Waals surface area contributed by atoms with E-state index in [2.05, 4.69) is 15.6 Å². The number of hydrogen-bond donors (Lipinski definition) is 2. The molecule has 0 saturated heterocycles. The van der Waals surface area contributed by atoms with Crippen molar-refractivity contribution in [2.75, 3.05) is 17.7 Å². The van der Waals surface area contributed by atoms with Crippen molar-refractivity contribution in [3.63, 3.8) is 0 Å². The fraction of sp³-hybridized carbons (Fsp3) is 0.290. The van der Waals surface area contributed by atoms with Crippen LogP contribution in [-0.2, 0) is 22.5 Å². The van der Waals surface area contributed by atoms with Gasteiger partial charge >= 0.3 is 11.7 Å². The Bertz CT molecular complexity index is 1550. The third-order valence-electron chi connectivity index (χ3n) is 6.21. The molecule has 0 fully saturated rings. The SMILES string of the molecule is Cc1c(NC(=O)OC(C)(C)C)ccc2nc(N[C@@H](Cc3ccccc3)C(=O)N(C)Cc3ccccc3)oc(=O)c12. The zero-order chi connectivity index (χ0) is 28.9. The molecule has 9 heteroatoms. The first-order chi connectivity index (χ1) is 19.0. The van der Waals surface area contributed by atoms with Crippen LogP contribution in [0.1, 0.15) is 37.5 Å². The third-order valence-corrected chi connectivity index (χ3v) is 6.21. The molecule has 3 aromatic carbocycles. The van der Waals surface area contributed by atoms with Crippen molar-refractivity contribution in [2.45, 2.75) is 52.3 Å². The minimum atomic E-state index is -0.738. The van der Waals surface area contributed by atoms with Gasteiger partial charge in [0.05, 0.1) is 10.9 Å². The lowest BCUT2D eigenvalue weighted by atomic mass is 10.0. The largest absolute Gasteiger partial charge is 0.444 e. The minimum Gasteiger partial charge on any atom is -0.444 e. The highest BCUT2D eigenvalue weighted by Crippen LogP contribution is 2.24. The number of likely N-dealkylation sites (N-methyl/N-ethyl adjacent to an activating group) is 1. The van der Waals surface area contributed by atoms with Crippen LogP contribution in [-0.4, -0.2) is 40.6 Å². The van der Waals surface area contributed by atoms with Gasteiger partial charge < -0.3 is 19.4 Å². The molecule has 0 aliphatic heterocycles. The molecule has 4 aromatic rings. The van der Waals surface area contributed by atoms with Gasteiger partial charge in [-0.1, -0.05) is 60.7 Å². The van der Waals surface area contributed by atoms with Crippen LogP contribution in [0.5, 0.6) is 0 Å². The maximum Gasteiger partial charge on any atom is 0.412 e. The number of fused-ring (bicyclic) bond motifs is 1. The first-order valence-corrected chi connectivity index (χ1v) is 13.0. The van der Waals surface area contributed by atoms with Crippen LogP contribution in [0.15, 0.2) is 82.0 Å². The second kappa shape index (κ2) is 12.0. The number of benzene rings is 3. The monoisotopic (exact) mass is 542 g/mol. The molecule has 0 aliphatic carbocycles. The molecule has 1 aromatic heterocycles. The predicted molar refractivity (Wildman–Crippen MR) is 155 cm³/mol. The van der Waals surface area contributed by atoms with Crippen molar-refractivity contribution in [2.24, 2.45) is 0 Å². The third kappa shape index (κ3) is 7.25. The van der Waals surface area contributed by atoms with E-state index in [0.29, 0.717) is 29.7 Å². The summed E-state index contributed by atoms with van der Waals surface area (Å²) in [7, 11) is 1.74. The second-order valence-corrected chi connectivity index (χ2v) is 10.6. The molecule has 0 radical (unpaired) electrons. The Kier molecular flexibility index (Phi) is 8.52. The van der Waals surface area contributed by atoms with Crippen LogP contribution < -0.4 is 16.3 Å². The fourth-order valence-corrected chi connectivity index (χ4v) is 4.33. The summed E-state index contributed by atoms with van der Waals surface area (Å²) in [6.45, 7) is 7.42. The van der Waals surface area contributed by atoms with Gasteiger partial charge in [-0.05, 0) is 56.5 Å². The van der Waals surface area contributed by atoms with Gasteiger partial charge in [0, 0.05) is 25.7 Å². The maximum atomic E-state index is 13.6. The Morgan fingerprint density at radius 1 is 0.975 bits per heavy atom. The number of ether oxygens (including phenoxy) is 1. The normalized spacial score (nSPS) is 12.0. The Hall–Kier alpha value is -4.66. The molecule has 0 aliphatic rings. The van der Waals surface area contributed by atoms with E-state index in [1.54, 1.807) is 51.8 Å². The molecular formula is C31H34N4O5. The summed E-state index contributed by atoms with van der Waals surface area (Å²) in [5.74, 6) is -0.176. The van der Waals surface area contributed by atoms with Crippen molar-refractivity contribution < 1.29 is 18.7 Å². The van der Waals surface area contributed by atoms with Gasteiger partial charge in [-0.3, -0.25) is 10.1 Å².